The van der Waals surface area contributed by atoms with Gasteiger partial charge in [0.1, 0.15) is 5.72 Å². The molecule has 2 unspecified atom stereocenters. The summed E-state index contributed by atoms with van der Waals surface area (Å²) in [6.45, 7) is 13.4. The van der Waals surface area contributed by atoms with Gasteiger partial charge in [-0.1, -0.05) is 6.42 Å². The molecule has 0 amide bonds. The normalized spacial score (nSPS) is 35.4. The second-order valence-electron chi connectivity index (χ2n) is 7.21. The number of hydrogen-bond donors (Lipinski definition) is 1. The van der Waals surface area contributed by atoms with Crippen molar-refractivity contribution < 1.29 is 4.74 Å². The molecule has 0 aromatic rings. The molecule has 2 aliphatic heterocycles. The van der Waals surface area contributed by atoms with E-state index in [1.807, 2.05) is 0 Å². The molecule has 0 radical (unpaired) electrons. The standard InChI is InChI=1S/C15H30N2O.ClH/c1-12(2)17-9-7-6-8-13(17)10-15(5)16-14(3,4)11-18-15;/h12-13,16H,6-11H2,1-5H3;1H. The average molecular weight is 291 g/mol. The molecule has 0 spiro atoms. The minimum absolute atomic E-state index is 0. The Kier molecular flexibility index (Phi) is 5.71. The van der Waals surface area contributed by atoms with Crippen molar-refractivity contribution in [3.63, 3.8) is 0 Å². The Balaban J connectivity index is 0.00000180. The van der Waals surface area contributed by atoms with E-state index in [2.05, 4.69) is 44.8 Å². The van der Waals surface area contributed by atoms with E-state index in [1.165, 1.54) is 25.8 Å². The molecule has 2 saturated heterocycles. The Morgan fingerprint density at radius 3 is 2.47 bits per heavy atom. The van der Waals surface area contributed by atoms with Crippen LogP contribution in [0.15, 0.2) is 0 Å². The van der Waals surface area contributed by atoms with Gasteiger partial charge >= 0.3 is 0 Å². The first-order chi connectivity index (χ1) is 8.31. The third-order valence-corrected chi connectivity index (χ3v) is 4.32. The molecule has 0 saturated carbocycles. The molecule has 2 rings (SSSR count). The van der Waals surface area contributed by atoms with Gasteiger partial charge in [0, 0.05) is 24.0 Å². The number of halogens is 1. The van der Waals surface area contributed by atoms with Gasteiger partial charge in [-0.2, -0.15) is 0 Å². The van der Waals surface area contributed by atoms with Gasteiger partial charge in [0.25, 0.3) is 0 Å². The van der Waals surface area contributed by atoms with E-state index in [0.29, 0.717) is 12.1 Å². The monoisotopic (exact) mass is 290 g/mol. The van der Waals surface area contributed by atoms with Crippen molar-refractivity contribution in [1.29, 1.82) is 0 Å². The summed E-state index contributed by atoms with van der Waals surface area (Å²) < 4.78 is 6.05. The maximum atomic E-state index is 6.05. The lowest BCUT2D eigenvalue weighted by Gasteiger charge is -2.42. The first-order valence-corrected chi connectivity index (χ1v) is 7.50. The van der Waals surface area contributed by atoms with Gasteiger partial charge in [-0.3, -0.25) is 10.2 Å². The molecule has 4 heteroatoms. The molecule has 0 bridgehead atoms. The smallest absolute Gasteiger partial charge is 0.118 e. The van der Waals surface area contributed by atoms with Crippen LogP contribution in [0.2, 0.25) is 0 Å². The van der Waals surface area contributed by atoms with Crippen molar-refractivity contribution in [3.05, 3.63) is 0 Å². The van der Waals surface area contributed by atoms with Crippen LogP contribution in [0.1, 0.15) is 60.3 Å². The van der Waals surface area contributed by atoms with Crippen molar-refractivity contribution in [3.8, 4) is 0 Å². The number of nitrogens with zero attached hydrogens (tertiary/aromatic N) is 1. The lowest BCUT2D eigenvalue weighted by molar-refractivity contribution is -0.0338. The van der Waals surface area contributed by atoms with Crippen LogP contribution < -0.4 is 5.32 Å². The third kappa shape index (κ3) is 4.32. The van der Waals surface area contributed by atoms with E-state index in [1.54, 1.807) is 0 Å². The Labute approximate surface area is 124 Å². The second-order valence-corrected chi connectivity index (χ2v) is 7.21. The number of likely N-dealkylation sites (tertiary alicyclic amines) is 1. The largest absolute Gasteiger partial charge is 0.359 e. The lowest BCUT2D eigenvalue weighted by atomic mass is 9.93. The molecule has 2 aliphatic rings. The van der Waals surface area contributed by atoms with E-state index in [-0.39, 0.29) is 23.7 Å². The van der Waals surface area contributed by atoms with E-state index in [9.17, 15) is 0 Å². The Morgan fingerprint density at radius 2 is 1.95 bits per heavy atom. The zero-order valence-corrected chi connectivity index (χ0v) is 14.0. The Hall–Kier alpha value is 0.170. The first kappa shape index (κ1) is 17.2. The minimum Gasteiger partial charge on any atom is -0.359 e. The van der Waals surface area contributed by atoms with Crippen LogP contribution in [0.4, 0.5) is 0 Å². The summed E-state index contributed by atoms with van der Waals surface area (Å²) in [6.07, 6.45) is 5.15. The fraction of sp³-hybridized carbons (Fsp3) is 1.00. The van der Waals surface area contributed by atoms with E-state index in [0.717, 1.165) is 13.0 Å². The van der Waals surface area contributed by atoms with Crippen molar-refractivity contribution in [2.45, 2.75) is 83.6 Å². The zero-order valence-electron chi connectivity index (χ0n) is 13.2. The van der Waals surface area contributed by atoms with Crippen molar-refractivity contribution >= 4 is 12.4 Å². The van der Waals surface area contributed by atoms with Crippen LogP contribution in [-0.2, 0) is 4.74 Å². The summed E-state index contributed by atoms with van der Waals surface area (Å²) in [5, 5.41) is 3.66. The quantitative estimate of drug-likeness (QED) is 0.864. The molecule has 0 aliphatic carbocycles. The minimum atomic E-state index is -0.140. The maximum Gasteiger partial charge on any atom is 0.118 e. The molecular weight excluding hydrogens is 260 g/mol. The van der Waals surface area contributed by atoms with Crippen LogP contribution >= 0.6 is 12.4 Å². The Bertz CT molecular complexity index is 296. The van der Waals surface area contributed by atoms with Crippen LogP contribution in [0, 0.1) is 0 Å². The van der Waals surface area contributed by atoms with Crippen LogP contribution in [0.3, 0.4) is 0 Å². The topological polar surface area (TPSA) is 24.5 Å². The van der Waals surface area contributed by atoms with E-state index >= 15 is 0 Å². The fourth-order valence-corrected chi connectivity index (χ4v) is 3.61. The molecular formula is C15H31ClN2O. The van der Waals surface area contributed by atoms with Gasteiger partial charge in [-0.25, -0.2) is 0 Å². The zero-order chi connectivity index (χ0) is 13.4. The van der Waals surface area contributed by atoms with E-state index < -0.39 is 0 Å². The lowest BCUT2D eigenvalue weighted by Crippen LogP contribution is -2.53. The van der Waals surface area contributed by atoms with Crippen LogP contribution in [0.5, 0.6) is 0 Å². The summed E-state index contributed by atoms with van der Waals surface area (Å²) >= 11 is 0. The van der Waals surface area contributed by atoms with Gasteiger partial charge in [0.2, 0.25) is 0 Å². The van der Waals surface area contributed by atoms with Crippen molar-refractivity contribution in [2.75, 3.05) is 13.2 Å². The van der Waals surface area contributed by atoms with Gasteiger partial charge in [-0.05, 0) is 54.0 Å². The molecule has 2 heterocycles. The highest BCUT2D eigenvalue weighted by molar-refractivity contribution is 5.85. The SMILES string of the molecule is CC(C)N1CCCCC1CC1(C)NC(C)(C)CO1.Cl. The molecule has 1 N–H and O–H groups in total. The molecule has 0 aromatic carbocycles. The molecule has 3 nitrogen and oxygen atoms in total. The number of rotatable bonds is 3. The molecule has 2 fully saturated rings. The predicted molar refractivity (Wildman–Crippen MR) is 82.9 cm³/mol. The molecule has 114 valence electrons. The average Bonchev–Trinajstić information content (AvgIpc) is 2.53. The summed E-state index contributed by atoms with van der Waals surface area (Å²) in [6, 6.07) is 1.32. The number of hydrogen-bond acceptors (Lipinski definition) is 3. The van der Waals surface area contributed by atoms with Crippen LogP contribution in [-0.4, -0.2) is 41.4 Å². The van der Waals surface area contributed by atoms with Crippen LogP contribution in [0.25, 0.3) is 0 Å². The van der Waals surface area contributed by atoms with E-state index in [4.69, 9.17) is 4.74 Å². The van der Waals surface area contributed by atoms with Gasteiger partial charge in [-0.15, -0.1) is 12.4 Å². The fourth-order valence-electron chi connectivity index (χ4n) is 3.61. The first-order valence-electron chi connectivity index (χ1n) is 7.50. The highest BCUT2D eigenvalue weighted by Gasteiger charge is 2.42. The summed E-state index contributed by atoms with van der Waals surface area (Å²) in [5.74, 6) is 0. The Morgan fingerprint density at radius 1 is 1.26 bits per heavy atom. The molecule has 2 atom stereocenters. The van der Waals surface area contributed by atoms with Crippen molar-refractivity contribution in [1.82, 2.24) is 10.2 Å². The second kappa shape index (κ2) is 6.30. The van der Waals surface area contributed by atoms with Gasteiger partial charge in [0.05, 0.1) is 6.61 Å². The number of piperidine rings is 1. The highest BCUT2D eigenvalue weighted by atomic mass is 35.5. The van der Waals surface area contributed by atoms with Gasteiger partial charge < -0.3 is 4.74 Å². The maximum absolute atomic E-state index is 6.05. The van der Waals surface area contributed by atoms with Gasteiger partial charge in [0.15, 0.2) is 0 Å². The summed E-state index contributed by atoms with van der Waals surface area (Å²) in [5.41, 5.74) is -0.0231. The number of ether oxygens (including phenoxy) is 1. The summed E-state index contributed by atoms with van der Waals surface area (Å²) in [7, 11) is 0. The predicted octanol–water partition coefficient (Wildman–Crippen LogP) is 3.18. The molecule has 0 aromatic heterocycles. The third-order valence-electron chi connectivity index (χ3n) is 4.32. The summed E-state index contributed by atoms with van der Waals surface area (Å²) in [4.78, 5) is 2.66. The molecule has 19 heavy (non-hydrogen) atoms. The highest BCUT2D eigenvalue weighted by Crippen LogP contribution is 2.32. The number of nitrogens with one attached hydrogen (secondary N) is 1. The van der Waals surface area contributed by atoms with Crippen molar-refractivity contribution in [2.24, 2.45) is 0 Å².